The van der Waals surface area contributed by atoms with Crippen LogP contribution in [-0.2, 0) is 0 Å². The summed E-state index contributed by atoms with van der Waals surface area (Å²) in [4.78, 5) is 4.34. The number of nitrogens with zero attached hydrogens (tertiary/aromatic N) is 1. The van der Waals surface area contributed by atoms with Crippen LogP contribution in [0.5, 0.6) is 5.75 Å². The van der Waals surface area contributed by atoms with Gasteiger partial charge in [0.15, 0.2) is 0 Å². The normalized spacial score (nSPS) is 11.7. The molecule has 2 aromatic carbocycles. The van der Waals surface area contributed by atoms with Crippen molar-refractivity contribution in [2.24, 2.45) is 0 Å². The quantitative estimate of drug-likeness (QED) is 0.745. The maximum Gasteiger partial charge on any atom is 0.573 e. The lowest BCUT2D eigenvalue weighted by Gasteiger charge is -2.13. The Morgan fingerprint density at radius 1 is 1.00 bits per heavy atom. The van der Waals surface area contributed by atoms with Gasteiger partial charge in [0, 0.05) is 10.9 Å². The average molecular weight is 318 g/mol. The molecule has 3 nitrogen and oxygen atoms in total. The highest BCUT2D eigenvalue weighted by molar-refractivity contribution is 5.95. The van der Waals surface area contributed by atoms with Crippen LogP contribution in [0.15, 0.2) is 48.5 Å². The van der Waals surface area contributed by atoms with Gasteiger partial charge in [-0.15, -0.1) is 13.2 Å². The van der Waals surface area contributed by atoms with Gasteiger partial charge in [0.25, 0.3) is 0 Å². The van der Waals surface area contributed by atoms with Gasteiger partial charge in [-0.3, -0.25) is 0 Å². The van der Waals surface area contributed by atoms with E-state index in [1.165, 1.54) is 12.1 Å². The van der Waals surface area contributed by atoms with E-state index in [1.807, 2.05) is 24.3 Å². The molecule has 23 heavy (non-hydrogen) atoms. The van der Waals surface area contributed by atoms with Gasteiger partial charge in [0.2, 0.25) is 0 Å². The summed E-state index contributed by atoms with van der Waals surface area (Å²) in [5.74, 6) is 0.145. The smallest absolute Gasteiger partial charge is 0.406 e. The Kier molecular flexibility index (Phi) is 3.60. The van der Waals surface area contributed by atoms with E-state index in [9.17, 15) is 13.2 Å². The first-order chi connectivity index (χ1) is 10.8. The predicted octanol–water partition coefficient (Wildman–Crippen LogP) is 4.69. The zero-order chi connectivity index (χ0) is 16.6. The Morgan fingerprint density at radius 3 is 2.48 bits per heavy atom. The third-order valence-electron chi connectivity index (χ3n) is 3.46. The number of fused-ring (bicyclic) bond motifs is 1. The molecule has 1 heterocycles. The van der Waals surface area contributed by atoms with Crippen molar-refractivity contribution in [3.05, 3.63) is 54.1 Å². The fourth-order valence-electron chi connectivity index (χ4n) is 2.51. The maximum atomic E-state index is 12.3. The highest BCUT2D eigenvalue weighted by Gasteiger charge is 2.31. The van der Waals surface area contributed by atoms with Crippen molar-refractivity contribution < 1.29 is 17.9 Å². The second-order valence-corrected chi connectivity index (χ2v) is 5.14. The van der Waals surface area contributed by atoms with E-state index in [2.05, 4.69) is 9.72 Å². The van der Waals surface area contributed by atoms with Gasteiger partial charge in [0.05, 0.1) is 5.52 Å². The molecule has 118 valence electrons. The molecule has 0 spiro atoms. The number of hydrogen-bond donors (Lipinski definition) is 1. The van der Waals surface area contributed by atoms with Crippen LogP contribution in [0.3, 0.4) is 0 Å². The summed E-state index contributed by atoms with van der Waals surface area (Å²) in [5.41, 5.74) is 8.70. The van der Waals surface area contributed by atoms with Crippen molar-refractivity contribution in [1.82, 2.24) is 4.98 Å². The molecule has 0 radical (unpaired) electrons. The summed E-state index contributed by atoms with van der Waals surface area (Å²) in [7, 11) is 0. The Morgan fingerprint density at radius 2 is 1.78 bits per heavy atom. The molecule has 2 N–H and O–H groups in total. The minimum absolute atomic E-state index is 0.244. The van der Waals surface area contributed by atoms with Crippen LogP contribution in [0, 0.1) is 6.92 Å². The number of alkyl halides is 3. The van der Waals surface area contributed by atoms with E-state index in [1.54, 1.807) is 19.1 Å². The number of pyridine rings is 1. The Bertz CT molecular complexity index is 875. The Balaban J connectivity index is 2.11. The fraction of sp³-hybridized carbons (Fsp3) is 0.118. The summed E-state index contributed by atoms with van der Waals surface area (Å²) in [6.07, 6.45) is -4.70. The Labute approximate surface area is 130 Å². The van der Waals surface area contributed by atoms with Gasteiger partial charge in [-0.25, -0.2) is 4.98 Å². The lowest BCUT2D eigenvalue weighted by molar-refractivity contribution is -0.274. The van der Waals surface area contributed by atoms with Crippen molar-refractivity contribution in [3.63, 3.8) is 0 Å². The zero-order valence-corrected chi connectivity index (χ0v) is 12.2. The molecule has 1 aromatic heterocycles. The molecule has 0 saturated carbocycles. The molecule has 0 unspecified atom stereocenters. The van der Waals surface area contributed by atoms with Crippen molar-refractivity contribution in [1.29, 1.82) is 0 Å². The van der Waals surface area contributed by atoms with Crippen LogP contribution < -0.4 is 10.5 Å². The fourth-order valence-corrected chi connectivity index (χ4v) is 2.51. The van der Waals surface area contributed by atoms with Gasteiger partial charge < -0.3 is 10.5 Å². The van der Waals surface area contributed by atoms with Crippen molar-refractivity contribution in [2.45, 2.75) is 13.3 Å². The first kappa shape index (κ1) is 15.1. The number of aromatic nitrogens is 1. The molecule has 0 bridgehead atoms. The minimum Gasteiger partial charge on any atom is -0.406 e. The molecule has 0 fully saturated rings. The number of ether oxygens (including phenoxy) is 1. The number of para-hydroxylation sites is 1. The first-order valence-electron chi connectivity index (χ1n) is 6.85. The number of rotatable bonds is 2. The topological polar surface area (TPSA) is 48.1 Å². The van der Waals surface area contributed by atoms with E-state index in [4.69, 9.17) is 5.73 Å². The van der Waals surface area contributed by atoms with Crippen LogP contribution >= 0.6 is 0 Å². The summed E-state index contributed by atoms with van der Waals surface area (Å²) >= 11 is 0. The van der Waals surface area contributed by atoms with E-state index in [0.29, 0.717) is 16.9 Å². The van der Waals surface area contributed by atoms with Crippen molar-refractivity contribution in [3.8, 4) is 16.9 Å². The van der Waals surface area contributed by atoms with Gasteiger partial charge in [-0.2, -0.15) is 0 Å². The number of aryl methyl sites for hydroxylation is 1. The molecule has 0 aliphatic heterocycles. The molecule has 6 heteroatoms. The molecule has 3 rings (SSSR count). The largest absolute Gasteiger partial charge is 0.573 e. The summed E-state index contributed by atoms with van der Waals surface area (Å²) < 4.78 is 40.9. The molecule has 3 aromatic rings. The number of hydrogen-bond acceptors (Lipinski definition) is 3. The molecule has 0 amide bonds. The van der Waals surface area contributed by atoms with Crippen molar-refractivity contribution in [2.75, 3.05) is 5.73 Å². The molecular weight excluding hydrogens is 305 g/mol. The van der Waals surface area contributed by atoms with E-state index in [-0.39, 0.29) is 5.75 Å². The minimum atomic E-state index is -4.70. The monoisotopic (exact) mass is 318 g/mol. The SMILES string of the molecule is Cc1cc(OC(F)(F)F)ccc1-c1cccc2ccc(N)nc12. The van der Waals surface area contributed by atoms with Gasteiger partial charge in [-0.1, -0.05) is 24.3 Å². The number of benzene rings is 2. The zero-order valence-electron chi connectivity index (χ0n) is 12.2. The number of nitrogen functional groups attached to an aromatic ring is 1. The summed E-state index contributed by atoms with van der Waals surface area (Å²) in [6.45, 7) is 1.73. The summed E-state index contributed by atoms with van der Waals surface area (Å²) in [5, 5.41) is 0.909. The molecule has 0 atom stereocenters. The van der Waals surface area contributed by atoms with E-state index >= 15 is 0 Å². The highest BCUT2D eigenvalue weighted by atomic mass is 19.4. The van der Waals surface area contributed by atoms with E-state index < -0.39 is 6.36 Å². The number of nitrogens with two attached hydrogens (primary N) is 1. The lowest BCUT2D eigenvalue weighted by Crippen LogP contribution is -2.17. The van der Waals surface area contributed by atoms with Crippen LogP contribution in [0.25, 0.3) is 22.0 Å². The summed E-state index contributed by atoms with van der Waals surface area (Å²) in [6, 6.07) is 13.4. The average Bonchev–Trinajstić information content (AvgIpc) is 2.45. The molecule has 0 saturated heterocycles. The number of anilines is 1. The third kappa shape index (κ3) is 3.21. The van der Waals surface area contributed by atoms with Gasteiger partial charge in [0.1, 0.15) is 11.6 Å². The second kappa shape index (κ2) is 5.46. The molecule has 0 aliphatic carbocycles. The first-order valence-corrected chi connectivity index (χ1v) is 6.85. The van der Waals surface area contributed by atoms with Crippen LogP contribution in [0.2, 0.25) is 0 Å². The molecular formula is C17H13F3N2O. The van der Waals surface area contributed by atoms with Crippen LogP contribution in [0.1, 0.15) is 5.56 Å². The second-order valence-electron chi connectivity index (χ2n) is 5.14. The van der Waals surface area contributed by atoms with Gasteiger partial charge >= 0.3 is 6.36 Å². The molecule has 0 aliphatic rings. The third-order valence-corrected chi connectivity index (χ3v) is 3.46. The standard InChI is InChI=1S/C17H13F3N2O/c1-10-9-12(23-17(18,19)20)6-7-13(10)14-4-2-3-11-5-8-15(21)22-16(11)14/h2-9H,1H3,(H2,21,22). The van der Waals surface area contributed by atoms with E-state index in [0.717, 1.165) is 16.5 Å². The Hall–Kier alpha value is -2.76. The van der Waals surface area contributed by atoms with Crippen LogP contribution in [0.4, 0.5) is 19.0 Å². The van der Waals surface area contributed by atoms with Crippen LogP contribution in [-0.4, -0.2) is 11.3 Å². The lowest BCUT2D eigenvalue weighted by atomic mass is 9.98. The highest BCUT2D eigenvalue weighted by Crippen LogP contribution is 2.33. The van der Waals surface area contributed by atoms with Crippen molar-refractivity contribution >= 4 is 16.7 Å². The predicted molar refractivity (Wildman–Crippen MR) is 83.0 cm³/mol. The van der Waals surface area contributed by atoms with Gasteiger partial charge in [-0.05, 0) is 42.3 Å². The maximum absolute atomic E-state index is 12.3. The number of halogens is 3.